The fourth-order valence-electron chi connectivity index (χ4n) is 4.67. The second kappa shape index (κ2) is 16.9. The molecule has 3 rings (SSSR count). The van der Waals surface area contributed by atoms with Crippen molar-refractivity contribution in [3.63, 3.8) is 0 Å². The predicted octanol–water partition coefficient (Wildman–Crippen LogP) is 9.13. The summed E-state index contributed by atoms with van der Waals surface area (Å²) in [5.74, 6) is 0.214. The number of hydrogen-bond acceptors (Lipinski definition) is 6. The molecule has 42 heavy (non-hydrogen) atoms. The fourth-order valence-corrected chi connectivity index (χ4v) is 4.67. The summed E-state index contributed by atoms with van der Waals surface area (Å²) in [6.45, 7) is 4.90. The zero-order valence-corrected chi connectivity index (χ0v) is 24.6. The van der Waals surface area contributed by atoms with Gasteiger partial charge in [-0.25, -0.2) is 4.79 Å². The van der Waals surface area contributed by atoms with Gasteiger partial charge in [0, 0.05) is 17.0 Å². The Kier molecular flexibility index (Phi) is 13.4. The average Bonchev–Trinajstić information content (AvgIpc) is 2.97. The Balaban J connectivity index is 1.29. The summed E-state index contributed by atoms with van der Waals surface area (Å²) in [5, 5.41) is 0.413. The molecule has 6 nitrogen and oxygen atoms in total. The number of nitrogens with zero attached hydrogens (tertiary/aromatic N) is 1. The SMILES string of the molecule is CCC(C)C(=O)OCCCCCCCCCCCCCOc1ccc2cc(-c3ccccc3C(F)(F)F)c(=O)oc2n1. The van der Waals surface area contributed by atoms with Gasteiger partial charge in [-0.1, -0.05) is 89.8 Å². The van der Waals surface area contributed by atoms with Crippen LogP contribution in [-0.4, -0.2) is 24.2 Å². The van der Waals surface area contributed by atoms with E-state index >= 15 is 0 Å². The second-order valence-corrected chi connectivity index (χ2v) is 10.7. The van der Waals surface area contributed by atoms with Crippen LogP contribution in [0.25, 0.3) is 22.2 Å². The standard InChI is InChI=1S/C33H42F3NO5/c1-3-24(2)31(38)41-22-16-12-10-8-6-4-5-7-9-11-15-21-40-29-20-19-25-23-27(32(39)42-30(25)37-29)26-17-13-14-18-28(26)33(34,35)36/h13-14,17-20,23-24H,3-12,15-16,21-22H2,1-2H3. The van der Waals surface area contributed by atoms with Crippen molar-refractivity contribution in [1.82, 2.24) is 4.98 Å². The van der Waals surface area contributed by atoms with Gasteiger partial charge in [-0.2, -0.15) is 18.2 Å². The number of fused-ring (bicyclic) bond motifs is 1. The van der Waals surface area contributed by atoms with Gasteiger partial charge in [0.15, 0.2) is 0 Å². The molecular weight excluding hydrogens is 547 g/mol. The number of aromatic nitrogens is 1. The Labute approximate surface area is 245 Å². The summed E-state index contributed by atoms with van der Waals surface area (Å²) >= 11 is 0. The maximum Gasteiger partial charge on any atom is 0.417 e. The molecule has 0 saturated carbocycles. The van der Waals surface area contributed by atoms with Crippen molar-refractivity contribution in [3.05, 3.63) is 58.4 Å². The van der Waals surface area contributed by atoms with Crippen molar-refractivity contribution < 1.29 is 31.9 Å². The van der Waals surface area contributed by atoms with Crippen LogP contribution in [0.1, 0.15) is 96.5 Å². The molecule has 0 aliphatic rings. The molecule has 1 aromatic carbocycles. The maximum absolute atomic E-state index is 13.4. The molecule has 3 aromatic rings. The van der Waals surface area contributed by atoms with E-state index in [0.29, 0.717) is 24.5 Å². The van der Waals surface area contributed by atoms with E-state index in [0.717, 1.165) is 44.6 Å². The topological polar surface area (TPSA) is 78.6 Å². The van der Waals surface area contributed by atoms with Crippen molar-refractivity contribution in [2.24, 2.45) is 5.92 Å². The van der Waals surface area contributed by atoms with Gasteiger partial charge < -0.3 is 13.9 Å². The molecular formula is C33H42F3NO5. The summed E-state index contributed by atoms with van der Waals surface area (Å²) in [6, 6.07) is 9.55. The van der Waals surface area contributed by atoms with E-state index in [1.807, 2.05) is 13.8 Å². The van der Waals surface area contributed by atoms with E-state index in [4.69, 9.17) is 13.9 Å². The van der Waals surface area contributed by atoms with Crippen molar-refractivity contribution in [1.29, 1.82) is 0 Å². The van der Waals surface area contributed by atoms with Gasteiger partial charge in [0.2, 0.25) is 11.6 Å². The van der Waals surface area contributed by atoms with Crippen LogP contribution in [-0.2, 0) is 15.7 Å². The molecule has 0 aliphatic heterocycles. The number of esters is 1. The van der Waals surface area contributed by atoms with Crippen molar-refractivity contribution in [3.8, 4) is 17.0 Å². The number of benzene rings is 1. The first kappa shape index (κ1) is 33.1. The molecule has 230 valence electrons. The minimum absolute atomic E-state index is 0.00893. The Morgan fingerprint density at radius 2 is 1.45 bits per heavy atom. The molecule has 0 amide bonds. The third-order valence-corrected chi connectivity index (χ3v) is 7.39. The van der Waals surface area contributed by atoms with Crippen LogP contribution < -0.4 is 10.4 Å². The molecule has 2 aromatic heterocycles. The van der Waals surface area contributed by atoms with Gasteiger partial charge >= 0.3 is 17.8 Å². The number of carbonyl (C=O) groups is 1. The summed E-state index contributed by atoms with van der Waals surface area (Å²) in [4.78, 5) is 28.4. The summed E-state index contributed by atoms with van der Waals surface area (Å²) < 4.78 is 56.5. The molecule has 0 radical (unpaired) electrons. The lowest BCUT2D eigenvalue weighted by molar-refractivity contribution is -0.148. The molecule has 0 aliphatic carbocycles. The predicted molar refractivity (Wildman–Crippen MR) is 157 cm³/mol. The first-order chi connectivity index (χ1) is 20.2. The monoisotopic (exact) mass is 589 g/mol. The van der Waals surface area contributed by atoms with E-state index < -0.39 is 17.4 Å². The lowest BCUT2D eigenvalue weighted by atomic mass is 10.0. The molecule has 9 heteroatoms. The van der Waals surface area contributed by atoms with E-state index in [1.165, 1.54) is 62.8 Å². The quantitative estimate of drug-likeness (QED) is 0.109. The summed E-state index contributed by atoms with van der Waals surface area (Å²) in [6.07, 6.45) is 8.57. The van der Waals surface area contributed by atoms with Gasteiger partial charge in [0.1, 0.15) is 0 Å². The lowest BCUT2D eigenvalue weighted by Crippen LogP contribution is -2.14. The van der Waals surface area contributed by atoms with Crippen LogP contribution in [0.4, 0.5) is 13.2 Å². The van der Waals surface area contributed by atoms with E-state index in [-0.39, 0.29) is 28.7 Å². The fraction of sp³-hybridized carbons (Fsp3) is 0.545. The minimum Gasteiger partial charge on any atom is -0.478 e. The largest absolute Gasteiger partial charge is 0.478 e. The lowest BCUT2D eigenvalue weighted by Gasteiger charge is -2.12. The van der Waals surface area contributed by atoms with Crippen molar-refractivity contribution in [2.45, 2.75) is 97.1 Å². The third-order valence-electron chi connectivity index (χ3n) is 7.39. The smallest absolute Gasteiger partial charge is 0.417 e. The number of rotatable bonds is 18. The van der Waals surface area contributed by atoms with Crippen LogP contribution in [0.3, 0.4) is 0 Å². The first-order valence-corrected chi connectivity index (χ1v) is 15.1. The number of pyridine rings is 1. The third kappa shape index (κ3) is 10.5. The molecule has 0 saturated heterocycles. The zero-order valence-electron chi connectivity index (χ0n) is 24.6. The number of carbonyl (C=O) groups excluding carboxylic acids is 1. The average molecular weight is 590 g/mol. The summed E-state index contributed by atoms with van der Waals surface area (Å²) in [7, 11) is 0. The van der Waals surface area contributed by atoms with Crippen LogP contribution in [0, 0.1) is 5.92 Å². The number of alkyl halides is 3. The van der Waals surface area contributed by atoms with Gasteiger partial charge in [-0.15, -0.1) is 0 Å². The highest BCUT2D eigenvalue weighted by molar-refractivity contribution is 5.80. The highest BCUT2D eigenvalue weighted by atomic mass is 19.4. The zero-order chi connectivity index (χ0) is 30.4. The number of ether oxygens (including phenoxy) is 2. The van der Waals surface area contributed by atoms with E-state index in [1.54, 1.807) is 12.1 Å². The van der Waals surface area contributed by atoms with Gasteiger partial charge in [-0.05, 0) is 37.5 Å². The van der Waals surface area contributed by atoms with Crippen molar-refractivity contribution >= 4 is 17.1 Å². The van der Waals surface area contributed by atoms with Gasteiger partial charge in [0.25, 0.3) is 0 Å². The molecule has 0 fully saturated rings. The van der Waals surface area contributed by atoms with Gasteiger partial charge in [-0.3, -0.25) is 4.79 Å². The van der Waals surface area contributed by atoms with Crippen LogP contribution >= 0.6 is 0 Å². The highest BCUT2D eigenvalue weighted by Gasteiger charge is 2.34. The van der Waals surface area contributed by atoms with Crippen LogP contribution in [0.15, 0.2) is 51.7 Å². The Morgan fingerprint density at radius 1 is 0.857 bits per heavy atom. The molecule has 0 bridgehead atoms. The molecule has 1 atom stereocenters. The molecule has 0 N–H and O–H groups in total. The molecule has 1 unspecified atom stereocenters. The normalized spacial score (nSPS) is 12.4. The highest BCUT2D eigenvalue weighted by Crippen LogP contribution is 2.36. The van der Waals surface area contributed by atoms with Crippen LogP contribution in [0.5, 0.6) is 5.88 Å². The number of hydrogen-bond donors (Lipinski definition) is 0. The Hall–Kier alpha value is -3.36. The second-order valence-electron chi connectivity index (χ2n) is 10.7. The Bertz CT molecular complexity index is 1320. The summed E-state index contributed by atoms with van der Waals surface area (Å²) in [5.41, 5.74) is -2.15. The van der Waals surface area contributed by atoms with E-state index in [9.17, 15) is 22.8 Å². The molecule has 0 spiro atoms. The van der Waals surface area contributed by atoms with E-state index in [2.05, 4.69) is 4.98 Å². The van der Waals surface area contributed by atoms with Gasteiger partial charge in [0.05, 0.1) is 30.3 Å². The number of halogens is 3. The first-order valence-electron chi connectivity index (χ1n) is 15.1. The van der Waals surface area contributed by atoms with Crippen LogP contribution in [0.2, 0.25) is 0 Å². The Morgan fingerprint density at radius 3 is 2.07 bits per heavy atom. The number of unbranched alkanes of at least 4 members (excludes halogenated alkanes) is 10. The maximum atomic E-state index is 13.4. The molecule has 2 heterocycles. The van der Waals surface area contributed by atoms with Crippen molar-refractivity contribution in [2.75, 3.05) is 13.2 Å². The minimum atomic E-state index is -4.60.